The molecule has 1 fully saturated rings. The normalized spacial score (nSPS) is 20.7. The van der Waals surface area contributed by atoms with Crippen molar-refractivity contribution in [3.63, 3.8) is 0 Å². The van der Waals surface area contributed by atoms with E-state index in [1.54, 1.807) is 32.4 Å². The second-order valence-electron chi connectivity index (χ2n) is 5.46. The van der Waals surface area contributed by atoms with Crippen LogP contribution in [0.2, 0.25) is 0 Å². The number of ether oxygens (including phenoxy) is 2. The Morgan fingerprint density at radius 2 is 1.77 bits per heavy atom. The lowest BCUT2D eigenvalue weighted by molar-refractivity contribution is 0.0907. The summed E-state index contributed by atoms with van der Waals surface area (Å²) < 4.78 is 10.4. The molecule has 0 radical (unpaired) electrons. The fourth-order valence-electron chi connectivity index (χ4n) is 2.87. The van der Waals surface area contributed by atoms with Crippen molar-refractivity contribution in [2.45, 2.75) is 31.7 Å². The van der Waals surface area contributed by atoms with Gasteiger partial charge in [0.25, 0.3) is 5.91 Å². The third-order valence-electron chi connectivity index (χ3n) is 4.14. The van der Waals surface area contributed by atoms with Gasteiger partial charge in [-0.05, 0) is 37.4 Å². The summed E-state index contributed by atoms with van der Waals surface area (Å²) in [5.74, 6) is 1.49. The first-order chi connectivity index (χ1) is 10.2. The van der Waals surface area contributed by atoms with Crippen LogP contribution in [0, 0.1) is 5.92 Å². The van der Waals surface area contributed by atoms with Crippen molar-refractivity contribution in [1.82, 2.24) is 5.32 Å². The van der Waals surface area contributed by atoms with Crippen molar-refractivity contribution in [1.29, 1.82) is 0 Å². The SMILES string of the molecule is COc1cc(OC)cc(C(=O)NC2CCCCC2CN)c1.Cl. The number of hydrogen-bond donors (Lipinski definition) is 2. The van der Waals surface area contributed by atoms with E-state index < -0.39 is 0 Å². The first-order valence-corrected chi connectivity index (χ1v) is 7.42. The Hall–Kier alpha value is -1.46. The Bertz CT molecular complexity index is 474. The Balaban J connectivity index is 0.00000242. The van der Waals surface area contributed by atoms with E-state index >= 15 is 0 Å². The quantitative estimate of drug-likeness (QED) is 0.870. The van der Waals surface area contributed by atoms with Crippen LogP contribution < -0.4 is 20.5 Å². The molecule has 2 atom stereocenters. The van der Waals surface area contributed by atoms with Crippen LogP contribution >= 0.6 is 12.4 Å². The first kappa shape index (κ1) is 18.6. The molecule has 1 aliphatic carbocycles. The van der Waals surface area contributed by atoms with E-state index in [2.05, 4.69) is 5.32 Å². The molecule has 1 amide bonds. The second kappa shape index (κ2) is 8.86. The molecule has 1 aliphatic rings. The van der Waals surface area contributed by atoms with E-state index in [0.717, 1.165) is 19.3 Å². The molecule has 0 aliphatic heterocycles. The highest BCUT2D eigenvalue weighted by atomic mass is 35.5. The molecule has 124 valence electrons. The molecule has 6 heteroatoms. The number of halogens is 1. The van der Waals surface area contributed by atoms with Crippen LogP contribution in [0.5, 0.6) is 11.5 Å². The van der Waals surface area contributed by atoms with Crippen LogP contribution in [-0.2, 0) is 0 Å². The molecule has 1 aromatic carbocycles. The molecule has 0 spiro atoms. The summed E-state index contributed by atoms with van der Waals surface area (Å²) in [5.41, 5.74) is 6.36. The molecule has 0 saturated heterocycles. The zero-order valence-electron chi connectivity index (χ0n) is 13.1. The minimum absolute atomic E-state index is 0. The van der Waals surface area contributed by atoms with Crippen LogP contribution in [0.25, 0.3) is 0 Å². The molecule has 3 N–H and O–H groups in total. The molecule has 0 bridgehead atoms. The van der Waals surface area contributed by atoms with Crippen LogP contribution in [0.3, 0.4) is 0 Å². The third-order valence-corrected chi connectivity index (χ3v) is 4.14. The highest BCUT2D eigenvalue weighted by molar-refractivity contribution is 5.95. The fourth-order valence-corrected chi connectivity index (χ4v) is 2.87. The minimum atomic E-state index is -0.0995. The third kappa shape index (κ3) is 4.52. The monoisotopic (exact) mass is 328 g/mol. The van der Waals surface area contributed by atoms with E-state index in [9.17, 15) is 4.79 Å². The van der Waals surface area contributed by atoms with Crippen molar-refractivity contribution in [3.8, 4) is 11.5 Å². The average molecular weight is 329 g/mol. The zero-order chi connectivity index (χ0) is 15.2. The predicted octanol–water partition coefficient (Wildman–Crippen LogP) is 2.37. The van der Waals surface area contributed by atoms with Crippen molar-refractivity contribution >= 4 is 18.3 Å². The molecule has 5 nitrogen and oxygen atoms in total. The lowest BCUT2D eigenvalue weighted by atomic mass is 9.84. The number of amides is 1. The van der Waals surface area contributed by atoms with Gasteiger partial charge in [0, 0.05) is 17.7 Å². The summed E-state index contributed by atoms with van der Waals surface area (Å²) in [6.07, 6.45) is 4.42. The number of methoxy groups -OCH3 is 2. The van der Waals surface area contributed by atoms with Gasteiger partial charge in [0.15, 0.2) is 0 Å². The molecule has 2 rings (SSSR count). The molecular weight excluding hydrogens is 304 g/mol. The van der Waals surface area contributed by atoms with E-state index in [1.165, 1.54) is 6.42 Å². The number of hydrogen-bond acceptors (Lipinski definition) is 4. The highest BCUT2D eigenvalue weighted by Crippen LogP contribution is 2.25. The number of carbonyl (C=O) groups excluding carboxylic acids is 1. The highest BCUT2D eigenvalue weighted by Gasteiger charge is 2.25. The zero-order valence-corrected chi connectivity index (χ0v) is 13.9. The van der Waals surface area contributed by atoms with Crippen LogP contribution in [0.1, 0.15) is 36.0 Å². The Morgan fingerprint density at radius 3 is 2.32 bits per heavy atom. The summed E-state index contributed by atoms with van der Waals surface area (Å²) in [7, 11) is 3.14. The van der Waals surface area contributed by atoms with E-state index in [1.807, 2.05) is 0 Å². The molecule has 0 aromatic heterocycles. The summed E-state index contributed by atoms with van der Waals surface area (Å²) in [5, 5.41) is 3.11. The number of rotatable bonds is 5. The van der Waals surface area contributed by atoms with Gasteiger partial charge in [-0.15, -0.1) is 12.4 Å². The molecule has 0 heterocycles. The largest absolute Gasteiger partial charge is 0.497 e. The van der Waals surface area contributed by atoms with E-state index in [0.29, 0.717) is 29.5 Å². The average Bonchev–Trinajstić information content (AvgIpc) is 2.54. The Kier molecular flexibility index (Phi) is 7.48. The lowest BCUT2D eigenvalue weighted by Gasteiger charge is -2.31. The number of benzene rings is 1. The van der Waals surface area contributed by atoms with Crippen molar-refractivity contribution in [3.05, 3.63) is 23.8 Å². The molecule has 1 aromatic rings. The maximum absolute atomic E-state index is 12.4. The van der Waals surface area contributed by atoms with E-state index in [-0.39, 0.29) is 24.4 Å². The summed E-state index contributed by atoms with van der Waals surface area (Å²) >= 11 is 0. The van der Waals surface area contributed by atoms with Gasteiger partial charge < -0.3 is 20.5 Å². The van der Waals surface area contributed by atoms with Gasteiger partial charge in [-0.25, -0.2) is 0 Å². The van der Waals surface area contributed by atoms with Crippen LogP contribution in [0.4, 0.5) is 0 Å². The van der Waals surface area contributed by atoms with Gasteiger partial charge in [-0.1, -0.05) is 12.8 Å². The Morgan fingerprint density at radius 1 is 1.18 bits per heavy atom. The van der Waals surface area contributed by atoms with Gasteiger partial charge >= 0.3 is 0 Å². The molecule has 1 saturated carbocycles. The van der Waals surface area contributed by atoms with Crippen LogP contribution in [0.15, 0.2) is 18.2 Å². The number of carbonyl (C=O) groups is 1. The van der Waals surface area contributed by atoms with Crippen LogP contribution in [-0.4, -0.2) is 32.7 Å². The van der Waals surface area contributed by atoms with Gasteiger partial charge in [-0.2, -0.15) is 0 Å². The summed E-state index contributed by atoms with van der Waals surface area (Å²) in [4.78, 5) is 12.4. The maximum Gasteiger partial charge on any atom is 0.251 e. The molecular formula is C16H25ClN2O3. The van der Waals surface area contributed by atoms with Gasteiger partial charge in [-0.3, -0.25) is 4.79 Å². The first-order valence-electron chi connectivity index (χ1n) is 7.42. The standard InChI is InChI=1S/C16H24N2O3.ClH/c1-20-13-7-12(8-14(9-13)21-2)16(19)18-15-6-4-3-5-11(15)10-17;/h7-9,11,15H,3-6,10,17H2,1-2H3,(H,18,19);1H. The summed E-state index contributed by atoms with van der Waals surface area (Å²) in [6.45, 7) is 0.617. The number of nitrogens with two attached hydrogens (primary N) is 1. The van der Waals surface area contributed by atoms with E-state index in [4.69, 9.17) is 15.2 Å². The fraction of sp³-hybridized carbons (Fsp3) is 0.562. The number of nitrogens with one attached hydrogen (secondary N) is 1. The molecule has 2 unspecified atom stereocenters. The van der Waals surface area contributed by atoms with Gasteiger partial charge in [0.2, 0.25) is 0 Å². The van der Waals surface area contributed by atoms with Gasteiger partial charge in [0.1, 0.15) is 11.5 Å². The summed E-state index contributed by atoms with van der Waals surface area (Å²) in [6, 6.07) is 5.35. The second-order valence-corrected chi connectivity index (χ2v) is 5.46. The van der Waals surface area contributed by atoms with Crippen molar-refractivity contribution in [2.24, 2.45) is 11.7 Å². The Labute approximate surface area is 138 Å². The smallest absolute Gasteiger partial charge is 0.251 e. The molecule has 22 heavy (non-hydrogen) atoms. The predicted molar refractivity (Wildman–Crippen MR) is 89.1 cm³/mol. The maximum atomic E-state index is 12.4. The van der Waals surface area contributed by atoms with Crippen molar-refractivity contribution < 1.29 is 14.3 Å². The van der Waals surface area contributed by atoms with Crippen molar-refractivity contribution in [2.75, 3.05) is 20.8 Å². The topological polar surface area (TPSA) is 73.6 Å². The van der Waals surface area contributed by atoms with Gasteiger partial charge in [0.05, 0.1) is 14.2 Å². The lowest BCUT2D eigenvalue weighted by Crippen LogP contribution is -2.44. The minimum Gasteiger partial charge on any atom is -0.497 e.